The Hall–Kier alpha value is -0.650. The quantitative estimate of drug-likeness (QED) is 0.540. The van der Waals surface area contributed by atoms with Crippen LogP contribution in [-0.2, 0) is 4.79 Å². The molecular weight excluding hydrogens is 170 g/mol. The molecule has 0 radical (unpaired) electrons. The first-order valence-electron chi connectivity index (χ1n) is 4.48. The molecule has 3 N–H and O–H groups in total. The molecule has 1 rings (SSSR count). The molecule has 76 valence electrons. The zero-order chi connectivity index (χ0) is 9.84. The second kappa shape index (κ2) is 4.55. The predicted molar refractivity (Wildman–Crippen MR) is 49.1 cm³/mol. The highest BCUT2D eigenvalue weighted by atomic mass is 16.3. The number of aliphatic hydroxyl groups is 1. The Balaban J connectivity index is 2.46. The van der Waals surface area contributed by atoms with E-state index in [2.05, 4.69) is 4.90 Å². The molecule has 1 aliphatic rings. The van der Waals surface area contributed by atoms with E-state index in [1.807, 2.05) is 11.9 Å². The molecule has 0 aromatic rings. The van der Waals surface area contributed by atoms with Crippen LogP contribution in [-0.4, -0.2) is 66.7 Å². The van der Waals surface area contributed by atoms with Gasteiger partial charge in [0.25, 0.3) is 0 Å². The molecule has 5 heteroatoms. The molecule has 0 spiro atoms. The zero-order valence-corrected chi connectivity index (χ0v) is 7.94. The van der Waals surface area contributed by atoms with Crippen molar-refractivity contribution in [1.82, 2.24) is 9.80 Å². The van der Waals surface area contributed by atoms with Gasteiger partial charge in [-0.2, -0.15) is 0 Å². The van der Waals surface area contributed by atoms with Crippen LogP contribution in [0, 0.1) is 0 Å². The highest BCUT2D eigenvalue weighted by Gasteiger charge is 2.25. The lowest BCUT2D eigenvalue weighted by Crippen LogP contribution is -2.54. The summed E-state index contributed by atoms with van der Waals surface area (Å²) in [6.45, 7) is 3.25. The van der Waals surface area contributed by atoms with E-state index in [1.165, 1.54) is 0 Å². The molecule has 1 fully saturated rings. The van der Waals surface area contributed by atoms with Gasteiger partial charge in [0.1, 0.15) is 6.04 Å². The van der Waals surface area contributed by atoms with Gasteiger partial charge >= 0.3 is 0 Å². The van der Waals surface area contributed by atoms with Crippen LogP contribution in [0.3, 0.4) is 0 Å². The van der Waals surface area contributed by atoms with Gasteiger partial charge in [-0.15, -0.1) is 0 Å². The molecular formula is C8H17N3O2. The Morgan fingerprint density at radius 3 is 2.38 bits per heavy atom. The van der Waals surface area contributed by atoms with E-state index in [1.54, 1.807) is 0 Å². The van der Waals surface area contributed by atoms with Crippen molar-refractivity contribution in [2.24, 2.45) is 5.73 Å². The lowest BCUT2D eigenvalue weighted by Gasteiger charge is -2.35. The average molecular weight is 187 g/mol. The van der Waals surface area contributed by atoms with Gasteiger partial charge in [-0.25, -0.2) is 0 Å². The van der Waals surface area contributed by atoms with Crippen molar-refractivity contribution in [3.8, 4) is 0 Å². The molecule has 0 saturated carbocycles. The third kappa shape index (κ3) is 2.65. The standard InChI is InChI=1S/C8H17N3O2/c1-10-2-4-11(5-3-10)7(6-12)8(9)13/h7,12H,2-6H2,1H3,(H2,9,13)/t7-/m0/s1. The van der Waals surface area contributed by atoms with Gasteiger partial charge in [0.05, 0.1) is 6.61 Å². The van der Waals surface area contributed by atoms with Crippen molar-refractivity contribution in [1.29, 1.82) is 0 Å². The summed E-state index contributed by atoms with van der Waals surface area (Å²) in [5.74, 6) is -0.438. The van der Waals surface area contributed by atoms with Gasteiger partial charge in [0.15, 0.2) is 0 Å². The second-order valence-corrected chi connectivity index (χ2v) is 3.44. The molecule has 0 aromatic carbocycles. The Morgan fingerprint density at radius 2 is 2.00 bits per heavy atom. The monoisotopic (exact) mass is 187 g/mol. The number of amides is 1. The molecule has 0 bridgehead atoms. The van der Waals surface area contributed by atoms with E-state index in [4.69, 9.17) is 10.8 Å². The number of hydrogen-bond donors (Lipinski definition) is 2. The molecule has 13 heavy (non-hydrogen) atoms. The molecule has 1 saturated heterocycles. The summed E-state index contributed by atoms with van der Waals surface area (Å²) < 4.78 is 0. The fourth-order valence-corrected chi connectivity index (χ4v) is 1.52. The summed E-state index contributed by atoms with van der Waals surface area (Å²) in [6, 6.07) is -0.506. The number of aliphatic hydroxyl groups excluding tert-OH is 1. The number of piperazine rings is 1. The van der Waals surface area contributed by atoms with Gasteiger partial charge in [0, 0.05) is 26.2 Å². The Bertz CT molecular complexity index is 178. The van der Waals surface area contributed by atoms with Crippen LogP contribution in [0.25, 0.3) is 0 Å². The summed E-state index contributed by atoms with van der Waals surface area (Å²) in [5, 5.41) is 8.96. The number of hydrogen-bond acceptors (Lipinski definition) is 4. The molecule has 1 atom stereocenters. The maximum atomic E-state index is 10.9. The van der Waals surface area contributed by atoms with Crippen molar-refractivity contribution in [3.63, 3.8) is 0 Å². The first-order chi connectivity index (χ1) is 6.15. The smallest absolute Gasteiger partial charge is 0.237 e. The summed E-state index contributed by atoms with van der Waals surface area (Å²) in [5.41, 5.74) is 5.16. The highest BCUT2D eigenvalue weighted by Crippen LogP contribution is 2.04. The number of primary amides is 1. The lowest BCUT2D eigenvalue weighted by molar-refractivity contribution is -0.125. The largest absolute Gasteiger partial charge is 0.394 e. The fraction of sp³-hybridized carbons (Fsp3) is 0.875. The van der Waals surface area contributed by atoms with Gasteiger partial charge < -0.3 is 15.7 Å². The van der Waals surface area contributed by atoms with Crippen LogP contribution >= 0.6 is 0 Å². The molecule has 0 unspecified atom stereocenters. The summed E-state index contributed by atoms with van der Waals surface area (Å²) in [6.07, 6.45) is 0. The Morgan fingerprint density at radius 1 is 1.46 bits per heavy atom. The molecule has 1 amide bonds. The van der Waals surface area contributed by atoms with E-state index < -0.39 is 11.9 Å². The van der Waals surface area contributed by atoms with Gasteiger partial charge in [0.2, 0.25) is 5.91 Å². The van der Waals surface area contributed by atoms with Crippen LogP contribution in [0.4, 0.5) is 0 Å². The number of carbonyl (C=O) groups is 1. The number of carbonyl (C=O) groups excluding carboxylic acids is 1. The van der Waals surface area contributed by atoms with E-state index >= 15 is 0 Å². The molecule has 0 aromatic heterocycles. The fourth-order valence-electron chi connectivity index (χ4n) is 1.52. The SMILES string of the molecule is CN1CCN([C@@H](CO)C(N)=O)CC1. The highest BCUT2D eigenvalue weighted by molar-refractivity contribution is 5.80. The number of nitrogens with zero attached hydrogens (tertiary/aromatic N) is 2. The van der Waals surface area contributed by atoms with Crippen molar-refractivity contribution in [3.05, 3.63) is 0 Å². The topological polar surface area (TPSA) is 69.8 Å². The van der Waals surface area contributed by atoms with Crippen LogP contribution in [0.1, 0.15) is 0 Å². The van der Waals surface area contributed by atoms with Gasteiger partial charge in [-0.1, -0.05) is 0 Å². The van der Waals surface area contributed by atoms with Crippen molar-refractivity contribution < 1.29 is 9.90 Å². The minimum atomic E-state index is -0.506. The van der Waals surface area contributed by atoms with E-state index in [-0.39, 0.29) is 6.61 Å². The van der Waals surface area contributed by atoms with Crippen molar-refractivity contribution >= 4 is 5.91 Å². The maximum absolute atomic E-state index is 10.9. The van der Waals surface area contributed by atoms with Gasteiger partial charge in [-0.05, 0) is 7.05 Å². The maximum Gasteiger partial charge on any atom is 0.237 e. The summed E-state index contributed by atoms with van der Waals surface area (Å²) >= 11 is 0. The molecule has 1 aliphatic heterocycles. The molecule has 5 nitrogen and oxygen atoms in total. The predicted octanol–water partition coefficient (Wildman–Crippen LogP) is -1.92. The van der Waals surface area contributed by atoms with E-state index in [9.17, 15) is 4.79 Å². The Kier molecular flexibility index (Phi) is 3.65. The van der Waals surface area contributed by atoms with Gasteiger partial charge in [-0.3, -0.25) is 9.69 Å². The van der Waals surface area contributed by atoms with E-state index in [0.29, 0.717) is 0 Å². The third-order valence-electron chi connectivity index (χ3n) is 2.48. The minimum Gasteiger partial charge on any atom is -0.394 e. The number of nitrogens with two attached hydrogens (primary N) is 1. The lowest BCUT2D eigenvalue weighted by atomic mass is 10.2. The average Bonchev–Trinajstić information content (AvgIpc) is 2.09. The van der Waals surface area contributed by atoms with Crippen molar-refractivity contribution in [2.45, 2.75) is 6.04 Å². The Labute approximate surface area is 78.1 Å². The summed E-state index contributed by atoms with van der Waals surface area (Å²) in [7, 11) is 2.04. The number of rotatable bonds is 3. The number of likely N-dealkylation sites (N-methyl/N-ethyl adjacent to an activating group) is 1. The molecule has 1 heterocycles. The normalized spacial score (nSPS) is 22.9. The van der Waals surface area contributed by atoms with E-state index in [0.717, 1.165) is 26.2 Å². The van der Waals surface area contributed by atoms with Crippen LogP contribution in [0.15, 0.2) is 0 Å². The first kappa shape index (κ1) is 10.4. The van der Waals surface area contributed by atoms with Crippen LogP contribution in [0.2, 0.25) is 0 Å². The third-order valence-corrected chi connectivity index (χ3v) is 2.48. The van der Waals surface area contributed by atoms with Crippen molar-refractivity contribution in [2.75, 3.05) is 39.8 Å². The summed E-state index contributed by atoms with van der Waals surface area (Å²) in [4.78, 5) is 15.0. The van der Waals surface area contributed by atoms with Crippen LogP contribution in [0.5, 0.6) is 0 Å². The van der Waals surface area contributed by atoms with Crippen LogP contribution < -0.4 is 5.73 Å². The molecule has 0 aliphatic carbocycles. The first-order valence-corrected chi connectivity index (χ1v) is 4.48. The minimum absolute atomic E-state index is 0.182. The second-order valence-electron chi connectivity index (χ2n) is 3.44. The zero-order valence-electron chi connectivity index (χ0n) is 7.94.